The van der Waals surface area contributed by atoms with Gasteiger partial charge < -0.3 is 19.9 Å². The van der Waals surface area contributed by atoms with Crippen molar-refractivity contribution in [2.45, 2.75) is 0 Å². The number of anilines is 1. The van der Waals surface area contributed by atoms with E-state index in [0.29, 0.717) is 33.7 Å². The van der Waals surface area contributed by atoms with E-state index in [1.165, 1.54) is 0 Å². The lowest BCUT2D eigenvalue weighted by Crippen LogP contribution is -1.96. The van der Waals surface area contributed by atoms with Gasteiger partial charge in [0.1, 0.15) is 5.75 Å². The van der Waals surface area contributed by atoms with Gasteiger partial charge in [-0.1, -0.05) is 11.6 Å². The fourth-order valence-corrected chi connectivity index (χ4v) is 1.72. The summed E-state index contributed by atoms with van der Waals surface area (Å²) in [5, 5.41) is 0.646. The Hall–Kier alpha value is -2.07. The van der Waals surface area contributed by atoms with E-state index in [2.05, 4.69) is 0 Å². The van der Waals surface area contributed by atoms with Crippen molar-refractivity contribution in [1.29, 1.82) is 0 Å². The summed E-state index contributed by atoms with van der Waals surface area (Å²) in [4.78, 5) is 0. The first-order valence-corrected chi connectivity index (χ1v) is 5.96. The molecule has 2 aromatic rings. The average molecular weight is 280 g/mol. The molecule has 4 nitrogen and oxygen atoms in total. The SMILES string of the molecule is COc1cc(N)c(Oc2ccc(Cl)cc2)cc1OC. The minimum atomic E-state index is 0.465. The van der Waals surface area contributed by atoms with Crippen molar-refractivity contribution in [1.82, 2.24) is 0 Å². The Morgan fingerprint density at radius 1 is 0.895 bits per heavy atom. The lowest BCUT2D eigenvalue weighted by Gasteiger charge is -2.13. The number of ether oxygens (including phenoxy) is 3. The Labute approximate surface area is 116 Å². The Morgan fingerprint density at radius 3 is 2.05 bits per heavy atom. The van der Waals surface area contributed by atoms with Crippen LogP contribution in [0.3, 0.4) is 0 Å². The first-order chi connectivity index (χ1) is 9.13. The molecule has 0 bridgehead atoms. The van der Waals surface area contributed by atoms with E-state index >= 15 is 0 Å². The smallest absolute Gasteiger partial charge is 0.164 e. The van der Waals surface area contributed by atoms with Crippen LogP contribution in [-0.4, -0.2) is 14.2 Å². The molecule has 0 aliphatic heterocycles. The highest BCUT2D eigenvalue weighted by molar-refractivity contribution is 6.30. The third-order valence-electron chi connectivity index (χ3n) is 2.56. The minimum Gasteiger partial charge on any atom is -0.493 e. The number of halogens is 1. The predicted octanol–water partition coefficient (Wildman–Crippen LogP) is 3.73. The Balaban J connectivity index is 2.32. The zero-order valence-corrected chi connectivity index (χ0v) is 11.4. The molecule has 100 valence electrons. The summed E-state index contributed by atoms with van der Waals surface area (Å²) in [5.41, 5.74) is 6.38. The first kappa shape index (κ1) is 13.4. The van der Waals surface area contributed by atoms with Crippen LogP contribution >= 0.6 is 11.6 Å². The maximum absolute atomic E-state index is 5.91. The number of benzene rings is 2. The van der Waals surface area contributed by atoms with Crippen LogP contribution in [-0.2, 0) is 0 Å². The van der Waals surface area contributed by atoms with Crippen LogP contribution in [0, 0.1) is 0 Å². The first-order valence-electron chi connectivity index (χ1n) is 5.59. The summed E-state index contributed by atoms with van der Waals surface area (Å²) in [6.07, 6.45) is 0. The summed E-state index contributed by atoms with van der Waals surface area (Å²) in [5.74, 6) is 2.26. The van der Waals surface area contributed by atoms with E-state index in [9.17, 15) is 0 Å². The van der Waals surface area contributed by atoms with E-state index in [1.807, 2.05) is 0 Å². The van der Waals surface area contributed by atoms with Crippen LogP contribution in [0.2, 0.25) is 5.02 Å². The van der Waals surface area contributed by atoms with Crippen LogP contribution < -0.4 is 19.9 Å². The van der Waals surface area contributed by atoms with Crippen molar-refractivity contribution < 1.29 is 14.2 Å². The van der Waals surface area contributed by atoms with Crippen molar-refractivity contribution in [3.63, 3.8) is 0 Å². The van der Waals surface area contributed by atoms with Crippen molar-refractivity contribution in [3.8, 4) is 23.0 Å². The van der Waals surface area contributed by atoms with E-state index in [4.69, 9.17) is 31.5 Å². The number of nitrogen functional groups attached to an aromatic ring is 1. The van der Waals surface area contributed by atoms with Gasteiger partial charge in [0.2, 0.25) is 0 Å². The van der Waals surface area contributed by atoms with Crippen LogP contribution in [0.25, 0.3) is 0 Å². The van der Waals surface area contributed by atoms with Crippen molar-refractivity contribution in [3.05, 3.63) is 41.4 Å². The molecule has 2 N–H and O–H groups in total. The van der Waals surface area contributed by atoms with Gasteiger partial charge in [0.15, 0.2) is 17.2 Å². The van der Waals surface area contributed by atoms with Crippen LogP contribution in [0.15, 0.2) is 36.4 Å². The highest BCUT2D eigenvalue weighted by Gasteiger charge is 2.10. The van der Waals surface area contributed by atoms with Crippen molar-refractivity contribution >= 4 is 17.3 Å². The number of nitrogens with two attached hydrogens (primary N) is 1. The second kappa shape index (κ2) is 5.71. The zero-order valence-electron chi connectivity index (χ0n) is 10.6. The molecular formula is C14H14ClNO3. The lowest BCUT2D eigenvalue weighted by atomic mass is 10.2. The molecule has 0 radical (unpaired) electrons. The zero-order chi connectivity index (χ0) is 13.8. The molecule has 0 heterocycles. The molecule has 0 saturated heterocycles. The molecule has 0 unspecified atom stereocenters. The summed E-state index contributed by atoms with van der Waals surface area (Å²) in [6.45, 7) is 0. The Morgan fingerprint density at radius 2 is 1.47 bits per heavy atom. The van der Waals surface area contributed by atoms with Gasteiger partial charge >= 0.3 is 0 Å². The van der Waals surface area contributed by atoms with Crippen LogP contribution in [0.4, 0.5) is 5.69 Å². The minimum absolute atomic E-state index is 0.465. The second-order valence-electron chi connectivity index (χ2n) is 3.80. The quantitative estimate of drug-likeness (QED) is 0.867. The van der Waals surface area contributed by atoms with E-state index in [0.717, 1.165) is 0 Å². The fraction of sp³-hybridized carbons (Fsp3) is 0.143. The van der Waals surface area contributed by atoms with Gasteiger partial charge in [-0.3, -0.25) is 0 Å². The number of hydrogen-bond donors (Lipinski definition) is 1. The molecule has 0 aromatic heterocycles. The number of rotatable bonds is 4. The van der Waals surface area contributed by atoms with E-state index in [1.54, 1.807) is 50.6 Å². The molecular weight excluding hydrogens is 266 g/mol. The third kappa shape index (κ3) is 3.03. The van der Waals surface area contributed by atoms with Gasteiger partial charge in [0.25, 0.3) is 0 Å². The number of hydrogen-bond acceptors (Lipinski definition) is 4. The molecule has 0 atom stereocenters. The molecule has 0 aliphatic carbocycles. The second-order valence-corrected chi connectivity index (χ2v) is 4.24. The fourth-order valence-electron chi connectivity index (χ4n) is 1.59. The summed E-state index contributed by atoms with van der Waals surface area (Å²) in [7, 11) is 3.11. The van der Waals surface area contributed by atoms with Gasteiger partial charge in [-0.15, -0.1) is 0 Å². The van der Waals surface area contributed by atoms with Crippen LogP contribution in [0.5, 0.6) is 23.0 Å². The highest BCUT2D eigenvalue weighted by atomic mass is 35.5. The maximum Gasteiger partial charge on any atom is 0.164 e. The maximum atomic E-state index is 5.91. The van der Waals surface area contributed by atoms with Crippen molar-refractivity contribution in [2.75, 3.05) is 20.0 Å². The molecule has 2 aromatic carbocycles. The van der Waals surface area contributed by atoms with Gasteiger partial charge in [-0.25, -0.2) is 0 Å². The predicted molar refractivity (Wildman–Crippen MR) is 75.5 cm³/mol. The Bertz CT molecular complexity index is 570. The molecule has 19 heavy (non-hydrogen) atoms. The highest BCUT2D eigenvalue weighted by Crippen LogP contribution is 2.38. The lowest BCUT2D eigenvalue weighted by molar-refractivity contribution is 0.352. The average Bonchev–Trinajstić information content (AvgIpc) is 2.43. The summed E-state index contributed by atoms with van der Waals surface area (Å²) < 4.78 is 16.1. The monoisotopic (exact) mass is 279 g/mol. The van der Waals surface area contributed by atoms with E-state index < -0.39 is 0 Å². The molecule has 5 heteroatoms. The standard InChI is InChI=1S/C14H14ClNO3/c1-17-13-7-11(16)12(8-14(13)18-2)19-10-5-3-9(15)4-6-10/h3-8H,16H2,1-2H3. The summed E-state index contributed by atoms with van der Waals surface area (Å²) in [6, 6.07) is 10.4. The normalized spacial score (nSPS) is 10.1. The van der Waals surface area contributed by atoms with Gasteiger partial charge in [0, 0.05) is 17.2 Å². The van der Waals surface area contributed by atoms with Crippen molar-refractivity contribution in [2.24, 2.45) is 0 Å². The van der Waals surface area contributed by atoms with E-state index in [-0.39, 0.29) is 0 Å². The summed E-state index contributed by atoms with van der Waals surface area (Å²) >= 11 is 5.82. The largest absolute Gasteiger partial charge is 0.493 e. The molecule has 0 saturated carbocycles. The molecule has 0 amide bonds. The molecule has 0 fully saturated rings. The molecule has 2 rings (SSSR count). The number of methoxy groups -OCH3 is 2. The molecule has 0 spiro atoms. The van der Waals surface area contributed by atoms with Gasteiger partial charge in [-0.05, 0) is 24.3 Å². The Kier molecular flexibility index (Phi) is 4.02. The van der Waals surface area contributed by atoms with Gasteiger partial charge in [0.05, 0.1) is 19.9 Å². The van der Waals surface area contributed by atoms with Crippen LogP contribution in [0.1, 0.15) is 0 Å². The topological polar surface area (TPSA) is 53.7 Å². The van der Waals surface area contributed by atoms with Gasteiger partial charge in [-0.2, -0.15) is 0 Å². The molecule has 0 aliphatic rings. The third-order valence-corrected chi connectivity index (χ3v) is 2.81.